The van der Waals surface area contributed by atoms with E-state index in [-0.39, 0.29) is 0 Å². The molecule has 4 nitrogen and oxygen atoms in total. The number of imidazole rings is 1. The van der Waals surface area contributed by atoms with Gasteiger partial charge in [0.2, 0.25) is 0 Å². The predicted octanol–water partition coefficient (Wildman–Crippen LogP) is 5.43. The highest BCUT2D eigenvalue weighted by Crippen LogP contribution is 2.37. The fraction of sp³-hybridized carbons (Fsp3) is 0.222. The fourth-order valence-corrected chi connectivity index (χ4v) is 2.82. The van der Waals surface area contributed by atoms with Gasteiger partial charge in [0, 0.05) is 11.8 Å². The number of alkyl halides is 6. The zero-order chi connectivity index (χ0) is 21.6. The zero-order valence-corrected chi connectivity index (χ0v) is 14.5. The van der Waals surface area contributed by atoms with E-state index in [0.717, 1.165) is 43.5 Å². The molecule has 0 aliphatic rings. The molecule has 0 fully saturated rings. The van der Waals surface area contributed by atoms with E-state index in [2.05, 4.69) is 4.98 Å². The Morgan fingerprint density at radius 3 is 2.31 bits per heavy atom. The summed E-state index contributed by atoms with van der Waals surface area (Å²) in [4.78, 5) is 15.6. The van der Waals surface area contributed by atoms with Gasteiger partial charge < -0.3 is 4.74 Å². The van der Waals surface area contributed by atoms with Crippen LogP contribution in [0, 0.1) is 5.82 Å². The first kappa shape index (κ1) is 20.6. The van der Waals surface area contributed by atoms with Gasteiger partial charge in [-0.25, -0.2) is 14.2 Å². The topological polar surface area (TPSA) is 43.6 Å². The van der Waals surface area contributed by atoms with E-state index in [1.807, 2.05) is 0 Å². The Morgan fingerprint density at radius 1 is 1.03 bits per heavy atom. The molecule has 0 aliphatic heterocycles. The van der Waals surface area contributed by atoms with Crippen LogP contribution >= 0.6 is 0 Å². The maximum absolute atomic E-state index is 13.8. The normalized spacial score (nSPS) is 13.5. The van der Waals surface area contributed by atoms with Crippen molar-refractivity contribution in [1.82, 2.24) is 9.38 Å². The summed E-state index contributed by atoms with van der Waals surface area (Å²) in [6.07, 6.45) is -10.5. The number of pyridine rings is 1. The van der Waals surface area contributed by atoms with E-state index >= 15 is 0 Å². The number of benzene rings is 1. The Hall–Kier alpha value is -3.11. The SMILES string of the molecule is CC(OC(=O)c1c(C(F)(F)F)nc2c(F)cccn12)c1ccccc1C(F)(F)F. The molecule has 1 aromatic carbocycles. The smallest absolute Gasteiger partial charge is 0.435 e. The van der Waals surface area contributed by atoms with Crippen molar-refractivity contribution in [3.63, 3.8) is 0 Å². The first-order valence-electron chi connectivity index (χ1n) is 8.02. The molecule has 29 heavy (non-hydrogen) atoms. The third kappa shape index (κ3) is 3.89. The molecule has 2 aromatic heterocycles. The average molecular weight is 420 g/mol. The van der Waals surface area contributed by atoms with Crippen LogP contribution in [-0.2, 0) is 17.1 Å². The number of aromatic nitrogens is 2. The molecule has 0 aliphatic carbocycles. The molecule has 0 N–H and O–H groups in total. The second-order valence-corrected chi connectivity index (χ2v) is 5.99. The highest BCUT2D eigenvalue weighted by atomic mass is 19.4. The fourth-order valence-electron chi connectivity index (χ4n) is 2.82. The number of ether oxygens (including phenoxy) is 1. The van der Waals surface area contributed by atoms with Crippen LogP contribution in [0.15, 0.2) is 42.6 Å². The van der Waals surface area contributed by atoms with E-state index in [0.29, 0.717) is 4.40 Å². The summed E-state index contributed by atoms with van der Waals surface area (Å²) in [5.74, 6) is -2.72. The summed E-state index contributed by atoms with van der Waals surface area (Å²) in [5, 5.41) is 0. The number of fused-ring (bicyclic) bond motifs is 1. The Balaban J connectivity index is 2.05. The van der Waals surface area contributed by atoms with Crippen molar-refractivity contribution in [3.8, 4) is 0 Å². The molecule has 0 spiro atoms. The van der Waals surface area contributed by atoms with Gasteiger partial charge in [-0.15, -0.1) is 0 Å². The van der Waals surface area contributed by atoms with Gasteiger partial charge in [-0.1, -0.05) is 18.2 Å². The third-order valence-corrected chi connectivity index (χ3v) is 4.05. The summed E-state index contributed by atoms with van der Waals surface area (Å²) in [6.45, 7) is 1.08. The predicted molar refractivity (Wildman–Crippen MR) is 85.4 cm³/mol. The minimum absolute atomic E-state index is 0.443. The van der Waals surface area contributed by atoms with Crippen LogP contribution in [0.1, 0.15) is 40.3 Å². The van der Waals surface area contributed by atoms with Gasteiger partial charge >= 0.3 is 18.3 Å². The van der Waals surface area contributed by atoms with Crippen LogP contribution in [-0.4, -0.2) is 15.4 Å². The molecular weight excluding hydrogens is 409 g/mol. The minimum atomic E-state index is -5.13. The standard InChI is InChI=1S/C18H11F7N2O2/c1-9(10-5-2-3-6-11(10)17(20,21)22)29-16(28)13-14(18(23,24)25)26-15-12(19)7-4-8-27(13)15/h2-9H,1H3. The number of esters is 1. The molecule has 3 aromatic rings. The van der Waals surface area contributed by atoms with Gasteiger partial charge in [0.1, 0.15) is 6.10 Å². The van der Waals surface area contributed by atoms with Crippen LogP contribution in [0.4, 0.5) is 30.7 Å². The van der Waals surface area contributed by atoms with Crippen molar-refractivity contribution >= 4 is 11.6 Å². The van der Waals surface area contributed by atoms with E-state index in [1.54, 1.807) is 0 Å². The van der Waals surface area contributed by atoms with E-state index < -0.39 is 58.4 Å². The zero-order valence-electron chi connectivity index (χ0n) is 14.5. The van der Waals surface area contributed by atoms with Crippen molar-refractivity contribution in [2.45, 2.75) is 25.4 Å². The van der Waals surface area contributed by atoms with Crippen LogP contribution < -0.4 is 0 Å². The Morgan fingerprint density at radius 2 is 1.69 bits per heavy atom. The lowest BCUT2D eigenvalue weighted by atomic mass is 10.0. The molecule has 1 atom stereocenters. The first-order valence-corrected chi connectivity index (χ1v) is 8.02. The monoisotopic (exact) mass is 420 g/mol. The largest absolute Gasteiger partial charge is 0.453 e. The lowest BCUT2D eigenvalue weighted by molar-refractivity contribution is -0.141. The number of nitrogens with zero attached hydrogens (tertiary/aromatic N) is 2. The highest BCUT2D eigenvalue weighted by Gasteiger charge is 2.42. The van der Waals surface area contributed by atoms with Crippen molar-refractivity contribution in [2.24, 2.45) is 0 Å². The maximum atomic E-state index is 13.8. The molecule has 0 bridgehead atoms. The van der Waals surface area contributed by atoms with Gasteiger partial charge in [-0.2, -0.15) is 26.3 Å². The van der Waals surface area contributed by atoms with Crippen LogP contribution in [0.3, 0.4) is 0 Å². The second-order valence-electron chi connectivity index (χ2n) is 5.99. The molecule has 0 radical (unpaired) electrons. The van der Waals surface area contributed by atoms with Crippen LogP contribution in [0.2, 0.25) is 0 Å². The van der Waals surface area contributed by atoms with Gasteiger partial charge in [-0.3, -0.25) is 4.40 Å². The number of carbonyl (C=O) groups excluding carboxylic acids is 1. The molecular formula is C18H11F7N2O2. The minimum Gasteiger partial charge on any atom is -0.453 e. The molecule has 2 heterocycles. The van der Waals surface area contributed by atoms with Gasteiger partial charge in [0.05, 0.1) is 5.56 Å². The molecule has 0 amide bonds. The molecule has 154 valence electrons. The third-order valence-electron chi connectivity index (χ3n) is 4.05. The molecule has 3 rings (SSSR count). The van der Waals surface area contributed by atoms with Crippen molar-refractivity contribution < 1.29 is 40.3 Å². The van der Waals surface area contributed by atoms with E-state index in [1.165, 1.54) is 6.07 Å². The molecule has 0 saturated heterocycles. The van der Waals surface area contributed by atoms with Crippen molar-refractivity contribution in [3.05, 3.63) is 70.9 Å². The first-order chi connectivity index (χ1) is 13.4. The number of hydrogen-bond acceptors (Lipinski definition) is 3. The summed E-state index contributed by atoms with van der Waals surface area (Å²) >= 11 is 0. The van der Waals surface area contributed by atoms with Gasteiger partial charge in [0.15, 0.2) is 22.9 Å². The van der Waals surface area contributed by atoms with Crippen LogP contribution in [0.5, 0.6) is 0 Å². The van der Waals surface area contributed by atoms with Crippen LogP contribution in [0.25, 0.3) is 5.65 Å². The summed E-state index contributed by atoms with van der Waals surface area (Å²) in [6, 6.07) is 6.07. The summed E-state index contributed by atoms with van der Waals surface area (Å²) in [7, 11) is 0. The van der Waals surface area contributed by atoms with Crippen molar-refractivity contribution in [2.75, 3.05) is 0 Å². The number of rotatable bonds is 3. The Bertz CT molecular complexity index is 1070. The maximum Gasteiger partial charge on any atom is 0.435 e. The quantitative estimate of drug-likeness (QED) is 0.419. The van der Waals surface area contributed by atoms with Gasteiger partial charge in [-0.05, 0) is 25.1 Å². The molecule has 1 unspecified atom stereocenters. The second kappa shape index (κ2) is 7.05. The Labute approximate surface area is 158 Å². The lowest BCUT2D eigenvalue weighted by Gasteiger charge is -2.19. The molecule has 11 heteroatoms. The summed E-state index contributed by atoms with van der Waals surface area (Å²) in [5.41, 5.74) is -5.15. The van der Waals surface area contributed by atoms with Gasteiger partial charge in [0.25, 0.3) is 0 Å². The molecule has 0 saturated carbocycles. The van der Waals surface area contributed by atoms with E-state index in [4.69, 9.17) is 4.74 Å². The number of halogens is 7. The van der Waals surface area contributed by atoms with Crippen molar-refractivity contribution in [1.29, 1.82) is 0 Å². The number of carbonyl (C=O) groups is 1. The number of hydrogen-bond donors (Lipinski definition) is 0. The van der Waals surface area contributed by atoms with E-state index in [9.17, 15) is 35.5 Å². The summed E-state index contributed by atoms with van der Waals surface area (Å²) < 4.78 is 98.6. The lowest BCUT2D eigenvalue weighted by Crippen LogP contribution is -2.19. The highest BCUT2D eigenvalue weighted by molar-refractivity contribution is 5.90. The Kier molecular flexibility index (Phi) is 5.01. The average Bonchev–Trinajstić information content (AvgIpc) is 3.02.